The first-order valence-electron chi connectivity index (χ1n) is 9.62. The van der Waals surface area contributed by atoms with Gasteiger partial charge in [0.2, 0.25) is 0 Å². The molecule has 3 nitrogen and oxygen atoms in total. The van der Waals surface area contributed by atoms with Gasteiger partial charge in [0, 0.05) is 19.1 Å². The Hall–Kier alpha value is -0.120. The lowest BCUT2D eigenvalue weighted by molar-refractivity contribution is -0.254. The molecule has 0 saturated carbocycles. The van der Waals surface area contributed by atoms with E-state index in [4.69, 9.17) is 15.2 Å². The summed E-state index contributed by atoms with van der Waals surface area (Å²) in [7, 11) is 0. The van der Waals surface area contributed by atoms with Crippen LogP contribution in [0.1, 0.15) is 91.9 Å². The summed E-state index contributed by atoms with van der Waals surface area (Å²) in [5.74, 6) is 0.0479. The van der Waals surface area contributed by atoms with E-state index in [0.717, 1.165) is 19.4 Å². The maximum atomic E-state index is 6.00. The van der Waals surface area contributed by atoms with E-state index >= 15 is 0 Å². The number of hydrogen-bond acceptors (Lipinski definition) is 3. The largest absolute Gasteiger partial charge is 0.350 e. The van der Waals surface area contributed by atoms with Crippen LogP contribution in [0.4, 0.5) is 0 Å². The number of unbranched alkanes of at least 4 members (excludes halogenated alkanes) is 6. The van der Waals surface area contributed by atoms with Crippen molar-refractivity contribution < 1.29 is 9.47 Å². The Morgan fingerprint density at radius 2 is 1.27 bits per heavy atom. The van der Waals surface area contributed by atoms with Gasteiger partial charge >= 0.3 is 0 Å². The van der Waals surface area contributed by atoms with Crippen LogP contribution in [0.3, 0.4) is 0 Å². The summed E-state index contributed by atoms with van der Waals surface area (Å²) in [6.07, 6.45) is 12.7. The van der Waals surface area contributed by atoms with E-state index in [1.54, 1.807) is 0 Å². The normalized spacial score (nSPS) is 13.5. The van der Waals surface area contributed by atoms with Gasteiger partial charge in [-0.25, -0.2) is 0 Å². The second kappa shape index (κ2) is 14.5. The fourth-order valence-corrected chi connectivity index (χ4v) is 3.23. The van der Waals surface area contributed by atoms with Crippen LogP contribution in [0.15, 0.2) is 0 Å². The van der Waals surface area contributed by atoms with Gasteiger partial charge in [-0.1, -0.05) is 51.9 Å². The van der Waals surface area contributed by atoms with Crippen molar-refractivity contribution in [3.05, 3.63) is 0 Å². The number of rotatable bonds is 16. The van der Waals surface area contributed by atoms with Gasteiger partial charge in [0.25, 0.3) is 0 Å². The van der Waals surface area contributed by atoms with Crippen molar-refractivity contribution in [1.29, 1.82) is 0 Å². The maximum absolute atomic E-state index is 6.00. The fourth-order valence-electron chi connectivity index (χ4n) is 3.23. The Balaban J connectivity index is 4.37. The average molecular weight is 316 g/mol. The van der Waals surface area contributed by atoms with Crippen molar-refractivity contribution in [3.63, 3.8) is 0 Å². The minimum absolute atomic E-state index is 0.429. The van der Waals surface area contributed by atoms with Crippen LogP contribution in [0.2, 0.25) is 0 Å². The van der Waals surface area contributed by atoms with E-state index < -0.39 is 5.79 Å². The molecule has 0 aliphatic rings. The molecule has 3 heteroatoms. The van der Waals surface area contributed by atoms with Crippen LogP contribution in [-0.4, -0.2) is 25.5 Å². The van der Waals surface area contributed by atoms with Gasteiger partial charge in [-0.2, -0.15) is 0 Å². The number of nitrogens with two attached hydrogens (primary N) is 1. The zero-order valence-electron chi connectivity index (χ0n) is 15.7. The molecule has 0 rings (SSSR count). The maximum Gasteiger partial charge on any atom is 0.168 e. The molecule has 0 aromatic carbocycles. The van der Waals surface area contributed by atoms with Gasteiger partial charge in [-0.05, 0) is 46.6 Å². The molecule has 2 N–H and O–H groups in total. The third-order valence-corrected chi connectivity index (χ3v) is 4.52. The van der Waals surface area contributed by atoms with Crippen LogP contribution < -0.4 is 5.73 Å². The Morgan fingerprint density at radius 1 is 0.773 bits per heavy atom. The Morgan fingerprint density at radius 3 is 1.77 bits per heavy atom. The Kier molecular flexibility index (Phi) is 14.4. The van der Waals surface area contributed by atoms with E-state index in [0.29, 0.717) is 19.1 Å². The summed E-state index contributed by atoms with van der Waals surface area (Å²) in [5, 5.41) is 0. The van der Waals surface area contributed by atoms with Gasteiger partial charge in [0.1, 0.15) is 0 Å². The smallest absolute Gasteiger partial charge is 0.168 e. The minimum Gasteiger partial charge on any atom is -0.350 e. The first kappa shape index (κ1) is 21.9. The summed E-state index contributed by atoms with van der Waals surface area (Å²) in [5.41, 5.74) is 5.65. The van der Waals surface area contributed by atoms with E-state index in [1.165, 1.54) is 51.4 Å². The van der Waals surface area contributed by atoms with Crippen LogP contribution in [0, 0.1) is 5.92 Å². The third-order valence-electron chi connectivity index (χ3n) is 4.52. The van der Waals surface area contributed by atoms with Crippen LogP contribution >= 0.6 is 0 Å². The first-order valence-corrected chi connectivity index (χ1v) is 9.62. The minimum atomic E-state index is -0.429. The number of hydrogen-bond donors (Lipinski definition) is 1. The van der Waals surface area contributed by atoms with E-state index in [-0.39, 0.29) is 0 Å². The lowest BCUT2D eigenvalue weighted by atomic mass is 9.88. The molecule has 0 aromatic heterocycles. The molecule has 134 valence electrons. The van der Waals surface area contributed by atoms with Crippen molar-refractivity contribution in [2.75, 3.05) is 19.8 Å². The van der Waals surface area contributed by atoms with E-state index in [9.17, 15) is 0 Å². The van der Waals surface area contributed by atoms with Crippen LogP contribution in [0.25, 0.3) is 0 Å². The highest BCUT2D eigenvalue weighted by Crippen LogP contribution is 2.32. The number of ether oxygens (including phenoxy) is 2. The predicted octanol–water partition coefficient (Wildman–Crippen LogP) is 5.27. The Labute approximate surface area is 139 Å². The van der Waals surface area contributed by atoms with Crippen molar-refractivity contribution in [1.82, 2.24) is 0 Å². The molecule has 1 unspecified atom stereocenters. The van der Waals surface area contributed by atoms with Gasteiger partial charge < -0.3 is 15.2 Å². The summed E-state index contributed by atoms with van der Waals surface area (Å²) in [6.45, 7) is 10.7. The summed E-state index contributed by atoms with van der Waals surface area (Å²) in [4.78, 5) is 0. The monoisotopic (exact) mass is 315 g/mol. The molecule has 1 atom stereocenters. The lowest BCUT2D eigenvalue weighted by Gasteiger charge is -2.37. The van der Waals surface area contributed by atoms with Crippen molar-refractivity contribution in [2.45, 2.75) is 97.7 Å². The van der Waals surface area contributed by atoms with Crippen molar-refractivity contribution in [3.8, 4) is 0 Å². The summed E-state index contributed by atoms with van der Waals surface area (Å²) < 4.78 is 12.0. The average Bonchev–Trinajstić information content (AvgIpc) is 2.49. The molecule has 22 heavy (non-hydrogen) atoms. The van der Waals surface area contributed by atoms with E-state index in [1.807, 2.05) is 0 Å². The standard InChI is InChI=1S/C19H41NO2/c1-5-8-9-10-11-12-15-18(16-13-14-17-20)19(4,21-6-2)22-7-3/h18H,5-17,20H2,1-4H3. The second-order valence-corrected chi connectivity index (χ2v) is 6.42. The highest BCUT2D eigenvalue weighted by atomic mass is 16.7. The van der Waals surface area contributed by atoms with Crippen molar-refractivity contribution >= 4 is 0 Å². The molecular weight excluding hydrogens is 274 g/mol. The van der Waals surface area contributed by atoms with Gasteiger partial charge in [-0.15, -0.1) is 0 Å². The molecule has 0 aliphatic carbocycles. The van der Waals surface area contributed by atoms with Crippen LogP contribution in [-0.2, 0) is 9.47 Å². The molecule has 0 aromatic rings. The molecule has 0 bridgehead atoms. The fraction of sp³-hybridized carbons (Fsp3) is 1.00. The molecular formula is C19H41NO2. The van der Waals surface area contributed by atoms with Gasteiger partial charge in [0.05, 0.1) is 0 Å². The second-order valence-electron chi connectivity index (χ2n) is 6.42. The third kappa shape index (κ3) is 9.81. The first-order chi connectivity index (χ1) is 10.6. The highest BCUT2D eigenvalue weighted by molar-refractivity contribution is 4.76. The SMILES string of the molecule is CCCCCCCCC(CCCCN)C(C)(OCC)OCC. The zero-order chi connectivity index (χ0) is 16.7. The Bertz CT molecular complexity index is 227. The topological polar surface area (TPSA) is 44.5 Å². The van der Waals surface area contributed by atoms with Crippen LogP contribution in [0.5, 0.6) is 0 Å². The van der Waals surface area contributed by atoms with E-state index in [2.05, 4.69) is 27.7 Å². The predicted molar refractivity (Wildman–Crippen MR) is 96.0 cm³/mol. The molecule has 0 heterocycles. The summed E-state index contributed by atoms with van der Waals surface area (Å²) in [6, 6.07) is 0. The molecule has 0 spiro atoms. The molecule has 0 amide bonds. The quantitative estimate of drug-likeness (QED) is 0.312. The highest BCUT2D eigenvalue weighted by Gasteiger charge is 2.34. The molecule has 0 aliphatic heterocycles. The molecule has 0 saturated heterocycles. The van der Waals surface area contributed by atoms with Gasteiger partial charge in [0.15, 0.2) is 5.79 Å². The zero-order valence-corrected chi connectivity index (χ0v) is 15.7. The van der Waals surface area contributed by atoms with Crippen molar-refractivity contribution in [2.24, 2.45) is 11.7 Å². The molecule has 0 radical (unpaired) electrons. The summed E-state index contributed by atoms with van der Waals surface area (Å²) >= 11 is 0. The lowest BCUT2D eigenvalue weighted by Crippen LogP contribution is -2.41. The van der Waals surface area contributed by atoms with Gasteiger partial charge in [-0.3, -0.25) is 0 Å². The molecule has 0 fully saturated rings.